The number of aliphatic hydroxyl groups is 2. The smallest absolute Gasteiger partial charge is 0.407 e. The Kier molecular flexibility index (Phi) is 8.07. The molecule has 1 rings (SSSR count). The Morgan fingerprint density at radius 2 is 1.83 bits per heavy atom. The number of rotatable bonds is 8. The molecule has 0 fully saturated rings. The van der Waals surface area contributed by atoms with Gasteiger partial charge in [-0.2, -0.15) is 0 Å². The molecule has 2 amide bonds. The summed E-state index contributed by atoms with van der Waals surface area (Å²) < 4.78 is 5.00. The molecular weight excluding hydrogens is 300 g/mol. The van der Waals surface area contributed by atoms with Gasteiger partial charge in [0.25, 0.3) is 0 Å². The molecule has 0 saturated heterocycles. The zero-order valence-electron chi connectivity index (χ0n) is 13.4. The summed E-state index contributed by atoms with van der Waals surface area (Å²) >= 11 is 0. The zero-order valence-corrected chi connectivity index (χ0v) is 13.4. The van der Waals surface area contributed by atoms with Crippen LogP contribution in [0.3, 0.4) is 0 Å². The second-order valence-corrected chi connectivity index (χ2v) is 5.33. The van der Waals surface area contributed by atoms with Gasteiger partial charge in [0.2, 0.25) is 5.91 Å². The van der Waals surface area contributed by atoms with Crippen molar-refractivity contribution in [3.05, 3.63) is 35.9 Å². The van der Waals surface area contributed by atoms with E-state index >= 15 is 0 Å². The molecule has 128 valence electrons. The van der Waals surface area contributed by atoms with Crippen molar-refractivity contribution in [2.45, 2.75) is 45.1 Å². The summed E-state index contributed by atoms with van der Waals surface area (Å²) in [7, 11) is 0. The summed E-state index contributed by atoms with van der Waals surface area (Å²) in [6.07, 6.45) is -2.53. The molecule has 0 aliphatic rings. The Bertz CT molecular complexity index is 493. The third-order valence-corrected chi connectivity index (χ3v) is 3.30. The van der Waals surface area contributed by atoms with Crippen LogP contribution in [0.2, 0.25) is 0 Å². The van der Waals surface area contributed by atoms with Crippen LogP contribution in [-0.4, -0.2) is 47.0 Å². The van der Waals surface area contributed by atoms with Gasteiger partial charge in [0.1, 0.15) is 12.7 Å². The molecule has 3 unspecified atom stereocenters. The molecule has 0 aliphatic carbocycles. The van der Waals surface area contributed by atoms with Gasteiger partial charge in [-0.15, -0.1) is 0 Å². The van der Waals surface area contributed by atoms with E-state index < -0.39 is 30.3 Å². The van der Waals surface area contributed by atoms with Crippen LogP contribution in [0.4, 0.5) is 4.79 Å². The van der Waals surface area contributed by atoms with Gasteiger partial charge in [0.15, 0.2) is 0 Å². The second kappa shape index (κ2) is 9.81. The topological polar surface area (TPSA) is 108 Å². The van der Waals surface area contributed by atoms with Crippen molar-refractivity contribution in [2.75, 3.05) is 6.54 Å². The molecule has 0 aliphatic heterocycles. The first-order valence-corrected chi connectivity index (χ1v) is 7.51. The standard InChI is InChI=1S/C16H24N2O5/c1-11(12(2)19)18-15(21)14(20)8-9-17-16(22)23-10-13-6-4-3-5-7-13/h3-7,11-12,14,19-20H,8-10H2,1-2H3,(H,17,22)(H,18,21). The van der Waals surface area contributed by atoms with E-state index in [1.807, 2.05) is 30.3 Å². The highest BCUT2D eigenvalue weighted by molar-refractivity contribution is 5.80. The van der Waals surface area contributed by atoms with E-state index in [-0.39, 0.29) is 19.6 Å². The number of hydrogen-bond acceptors (Lipinski definition) is 5. The first-order valence-electron chi connectivity index (χ1n) is 7.51. The lowest BCUT2D eigenvalue weighted by Crippen LogP contribution is -2.45. The Morgan fingerprint density at radius 1 is 1.17 bits per heavy atom. The van der Waals surface area contributed by atoms with Crippen molar-refractivity contribution in [1.29, 1.82) is 0 Å². The van der Waals surface area contributed by atoms with Crippen LogP contribution < -0.4 is 10.6 Å². The van der Waals surface area contributed by atoms with Crippen LogP contribution in [0.25, 0.3) is 0 Å². The normalized spacial score (nSPS) is 14.4. The molecule has 0 radical (unpaired) electrons. The highest BCUT2D eigenvalue weighted by Crippen LogP contribution is 2.00. The Hall–Kier alpha value is -2.12. The predicted octanol–water partition coefficient (Wildman–Crippen LogP) is 0.549. The van der Waals surface area contributed by atoms with Gasteiger partial charge in [-0.05, 0) is 25.8 Å². The van der Waals surface area contributed by atoms with E-state index in [4.69, 9.17) is 4.74 Å². The maximum Gasteiger partial charge on any atom is 0.407 e. The molecule has 1 aromatic rings. The second-order valence-electron chi connectivity index (χ2n) is 5.33. The molecule has 0 spiro atoms. The number of benzene rings is 1. The molecule has 4 N–H and O–H groups in total. The minimum Gasteiger partial charge on any atom is -0.445 e. The highest BCUT2D eigenvalue weighted by atomic mass is 16.5. The fraction of sp³-hybridized carbons (Fsp3) is 0.500. The van der Waals surface area contributed by atoms with Gasteiger partial charge in [0, 0.05) is 6.54 Å². The van der Waals surface area contributed by atoms with Gasteiger partial charge >= 0.3 is 6.09 Å². The van der Waals surface area contributed by atoms with Gasteiger partial charge in [-0.25, -0.2) is 4.79 Å². The quantitative estimate of drug-likeness (QED) is 0.558. The van der Waals surface area contributed by atoms with Crippen molar-refractivity contribution >= 4 is 12.0 Å². The van der Waals surface area contributed by atoms with Crippen molar-refractivity contribution in [3.8, 4) is 0 Å². The summed E-state index contributed by atoms with van der Waals surface area (Å²) in [6.45, 7) is 3.43. The fourth-order valence-electron chi connectivity index (χ4n) is 1.66. The predicted molar refractivity (Wildman–Crippen MR) is 84.5 cm³/mol. The molecule has 7 nitrogen and oxygen atoms in total. The average molecular weight is 324 g/mol. The maximum absolute atomic E-state index is 11.6. The van der Waals surface area contributed by atoms with Crippen LogP contribution in [0.15, 0.2) is 30.3 Å². The van der Waals surface area contributed by atoms with Crippen molar-refractivity contribution < 1.29 is 24.5 Å². The number of ether oxygens (including phenoxy) is 1. The summed E-state index contributed by atoms with van der Waals surface area (Å²) in [4.78, 5) is 23.1. The molecule has 3 atom stereocenters. The Labute approximate surface area is 135 Å². The SMILES string of the molecule is CC(O)C(C)NC(=O)C(O)CCNC(=O)OCc1ccccc1. The number of aliphatic hydroxyl groups excluding tert-OH is 2. The zero-order chi connectivity index (χ0) is 17.2. The number of hydrogen-bond donors (Lipinski definition) is 4. The van der Waals surface area contributed by atoms with E-state index in [2.05, 4.69) is 10.6 Å². The lowest BCUT2D eigenvalue weighted by atomic mass is 10.2. The summed E-state index contributed by atoms with van der Waals surface area (Å²) in [5, 5.41) is 23.9. The lowest BCUT2D eigenvalue weighted by Gasteiger charge is -2.19. The minimum absolute atomic E-state index is 0.0544. The third kappa shape index (κ3) is 7.62. The summed E-state index contributed by atoms with van der Waals surface area (Å²) in [5.41, 5.74) is 0.870. The van der Waals surface area contributed by atoms with Gasteiger partial charge in [0.05, 0.1) is 12.1 Å². The highest BCUT2D eigenvalue weighted by Gasteiger charge is 2.19. The summed E-state index contributed by atoms with van der Waals surface area (Å²) in [5.74, 6) is -0.585. The number of amides is 2. The summed E-state index contributed by atoms with van der Waals surface area (Å²) in [6, 6.07) is 8.78. The molecule has 0 bridgehead atoms. The van der Waals surface area contributed by atoms with E-state index in [0.29, 0.717) is 0 Å². The Morgan fingerprint density at radius 3 is 2.43 bits per heavy atom. The molecule has 0 aromatic heterocycles. The van der Waals surface area contributed by atoms with Crippen LogP contribution in [0.5, 0.6) is 0 Å². The van der Waals surface area contributed by atoms with E-state index in [1.54, 1.807) is 13.8 Å². The molecule has 23 heavy (non-hydrogen) atoms. The minimum atomic E-state index is -1.26. The first kappa shape index (κ1) is 18.9. The van der Waals surface area contributed by atoms with Crippen molar-refractivity contribution in [2.24, 2.45) is 0 Å². The van der Waals surface area contributed by atoms with E-state index in [9.17, 15) is 19.8 Å². The number of carbonyl (C=O) groups is 2. The largest absolute Gasteiger partial charge is 0.445 e. The van der Waals surface area contributed by atoms with Crippen molar-refractivity contribution in [1.82, 2.24) is 10.6 Å². The molecule has 1 aromatic carbocycles. The molecule has 7 heteroatoms. The van der Waals surface area contributed by atoms with Gasteiger partial charge < -0.3 is 25.6 Å². The molecular formula is C16H24N2O5. The first-order chi connectivity index (χ1) is 10.9. The van der Waals surface area contributed by atoms with Crippen LogP contribution in [-0.2, 0) is 16.1 Å². The van der Waals surface area contributed by atoms with E-state index in [1.165, 1.54) is 0 Å². The third-order valence-electron chi connectivity index (χ3n) is 3.30. The van der Waals surface area contributed by atoms with Gasteiger partial charge in [-0.1, -0.05) is 30.3 Å². The monoisotopic (exact) mass is 324 g/mol. The van der Waals surface area contributed by atoms with Gasteiger partial charge in [-0.3, -0.25) is 4.79 Å². The number of nitrogens with one attached hydrogen (secondary N) is 2. The molecule has 0 heterocycles. The maximum atomic E-state index is 11.6. The number of carbonyl (C=O) groups excluding carboxylic acids is 2. The fourth-order valence-corrected chi connectivity index (χ4v) is 1.66. The number of alkyl carbamates (subject to hydrolysis) is 1. The van der Waals surface area contributed by atoms with Crippen LogP contribution >= 0.6 is 0 Å². The van der Waals surface area contributed by atoms with Crippen molar-refractivity contribution in [3.63, 3.8) is 0 Å². The lowest BCUT2D eigenvalue weighted by molar-refractivity contribution is -0.130. The van der Waals surface area contributed by atoms with E-state index in [0.717, 1.165) is 5.56 Å². The molecule has 0 saturated carbocycles. The van der Waals surface area contributed by atoms with Crippen LogP contribution in [0, 0.1) is 0 Å². The Balaban J connectivity index is 2.19. The average Bonchev–Trinajstić information content (AvgIpc) is 2.53. The van der Waals surface area contributed by atoms with Crippen LogP contribution in [0.1, 0.15) is 25.8 Å².